The molecule has 2 aromatic rings. The van der Waals surface area contributed by atoms with Crippen LogP contribution in [0.15, 0.2) is 47.5 Å². The van der Waals surface area contributed by atoms with Gasteiger partial charge in [0.2, 0.25) is 0 Å². The monoisotopic (exact) mass is 341 g/mol. The first-order chi connectivity index (χ1) is 12.0. The van der Waals surface area contributed by atoms with Gasteiger partial charge in [-0.1, -0.05) is 6.07 Å². The summed E-state index contributed by atoms with van der Waals surface area (Å²) in [6, 6.07) is 12.6. The minimum absolute atomic E-state index is 0.0207. The maximum absolute atomic E-state index is 11.7. The lowest BCUT2D eigenvalue weighted by atomic mass is 10.2. The highest BCUT2D eigenvalue weighted by molar-refractivity contribution is 5.90. The van der Waals surface area contributed by atoms with Crippen LogP contribution in [0.4, 0.5) is 5.69 Å². The van der Waals surface area contributed by atoms with Crippen molar-refractivity contribution in [1.29, 1.82) is 0 Å². The number of para-hydroxylation sites is 1. The fourth-order valence-electron chi connectivity index (χ4n) is 2.20. The van der Waals surface area contributed by atoms with E-state index in [9.17, 15) is 4.79 Å². The van der Waals surface area contributed by atoms with E-state index in [1.54, 1.807) is 44.5 Å². The third-order valence-corrected chi connectivity index (χ3v) is 3.31. The second kappa shape index (κ2) is 8.87. The van der Waals surface area contributed by atoms with Crippen LogP contribution in [-0.2, 0) is 4.74 Å². The van der Waals surface area contributed by atoms with E-state index in [2.05, 4.69) is 4.99 Å². The first-order valence-corrected chi connectivity index (χ1v) is 8.20. The van der Waals surface area contributed by atoms with Gasteiger partial charge in [-0.25, -0.2) is 4.79 Å². The Morgan fingerprint density at radius 1 is 1.16 bits per heavy atom. The molecule has 0 aliphatic carbocycles. The third-order valence-electron chi connectivity index (χ3n) is 3.31. The molecule has 0 aromatic heterocycles. The average Bonchev–Trinajstić information content (AvgIpc) is 2.61. The van der Waals surface area contributed by atoms with Gasteiger partial charge in [0, 0.05) is 11.8 Å². The van der Waals surface area contributed by atoms with Crippen LogP contribution in [0.2, 0.25) is 0 Å². The Bertz CT molecular complexity index is 736. The molecule has 0 unspecified atom stereocenters. The Morgan fingerprint density at radius 2 is 1.88 bits per heavy atom. The topological polar surface area (TPSA) is 57.1 Å². The van der Waals surface area contributed by atoms with Crippen LogP contribution >= 0.6 is 0 Å². The number of methoxy groups -OCH3 is 1. The number of rotatable bonds is 7. The van der Waals surface area contributed by atoms with Crippen molar-refractivity contribution in [3.63, 3.8) is 0 Å². The van der Waals surface area contributed by atoms with Crippen molar-refractivity contribution in [2.45, 2.75) is 26.9 Å². The van der Waals surface area contributed by atoms with E-state index in [0.717, 1.165) is 11.3 Å². The number of hydrogen-bond acceptors (Lipinski definition) is 5. The highest BCUT2D eigenvalue weighted by Gasteiger charge is 2.11. The Balaban J connectivity index is 2.22. The van der Waals surface area contributed by atoms with Crippen molar-refractivity contribution in [3.8, 4) is 11.5 Å². The van der Waals surface area contributed by atoms with Crippen LogP contribution in [0.5, 0.6) is 11.5 Å². The second-order valence-corrected chi connectivity index (χ2v) is 5.57. The number of carbonyl (C=O) groups excluding carboxylic acids is 1. The average molecular weight is 341 g/mol. The van der Waals surface area contributed by atoms with Gasteiger partial charge in [-0.15, -0.1) is 0 Å². The van der Waals surface area contributed by atoms with Gasteiger partial charge in [0.15, 0.2) is 11.5 Å². The lowest BCUT2D eigenvalue weighted by molar-refractivity contribution is 0.0526. The fourth-order valence-corrected chi connectivity index (χ4v) is 2.20. The molecule has 5 nitrogen and oxygen atoms in total. The molecule has 0 saturated carbocycles. The van der Waals surface area contributed by atoms with Crippen LogP contribution in [0.1, 0.15) is 36.7 Å². The maximum Gasteiger partial charge on any atom is 0.338 e. The third kappa shape index (κ3) is 5.08. The zero-order valence-corrected chi connectivity index (χ0v) is 15.0. The number of aliphatic imine (C=N–C) groups is 1. The molecule has 0 aliphatic heterocycles. The van der Waals surface area contributed by atoms with Gasteiger partial charge in [-0.05, 0) is 57.2 Å². The lowest BCUT2D eigenvalue weighted by Gasteiger charge is -2.15. The van der Waals surface area contributed by atoms with Crippen LogP contribution in [0, 0.1) is 0 Å². The van der Waals surface area contributed by atoms with Gasteiger partial charge in [0.25, 0.3) is 0 Å². The summed E-state index contributed by atoms with van der Waals surface area (Å²) in [5.74, 6) is 0.987. The highest BCUT2D eigenvalue weighted by Crippen LogP contribution is 2.31. The van der Waals surface area contributed by atoms with E-state index in [-0.39, 0.29) is 12.1 Å². The molecule has 5 heteroatoms. The minimum atomic E-state index is -0.335. The zero-order valence-electron chi connectivity index (χ0n) is 15.0. The van der Waals surface area contributed by atoms with Gasteiger partial charge in [-0.2, -0.15) is 0 Å². The van der Waals surface area contributed by atoms with Gasteiger partial charge in [0.05, 0.1) is 31.1 Å². The normalized spacial score (nSPS) is 10.9. The number of carbonyl (C=O) groups is 1. The summed E-state index contributed by atoms with van der Waals surface area (Å²) >= 11 is 0. The molecule has 2 aromatic carbocycles. The molecule has 0 saturated heterocycles. The summed E-state index contributed by atoms with van der Waals surface area (Å²) in [5, 5.41) is 0. The van der Waals surface area contributed by atoms with Crippen molar-refractivity contribution in [1.82, 2.24) is 0 Å². The number of hydrogen-bond donors (Lipinski definition) is 0. The van der Waals surface area contributed by atoms with E-state index in [4.69, 9.17) is 14.2 Å². The quantitative estimate of drug-likeness (QED) is 0.553. The molecule has 2 rings (SSSR count). The lowest BCUT2D eigenvalue weighted by Crippen LogP contribution is -2.08. The summed E-state index contributed by atoms with van der Waals surface area (Å²) in [6.07, 6.45) is 1.74. The molecule has 0 heterocycles. The predicted octanol–water partition coefficient (Wildman–Crippen LogP) is 4.41. The molecule has 132 valence electrons. The Labute approximate surface area is 148 Å². The Hall–Kier alpha value is -2.82. The highest BCUT2D eigenvalue weighted by atomic mass is 16.5. The SMILES string of the molecule is CCOC(=O)c1ccc(N=Cc2cccc(OC)c2OC(C)C)cc1. The number of ether oxygens (including phenoxy) is 3. The smallest absolute Gasteiger partial charge is 0.338 e. The van der Waals surface area contributed by atoms with Crippen LogP contribution < -0.4 is 9.47 Å². The zero-order chi connectivity index (χ0) is 18.2. The van der Waals surface area contributed by atoms with Crippen molar-refractivity contribution >= 4 is 17.9 Å². The summed E-state index contributed by atoms with van der Waals surface area (Å²) in [4.78, 5) is 16.1. The maximum atomic E-state index is 11.7. The van der Waals surface area contributed by atoms with Crippen LogP contribution in [0.3, 0.4) is 0 Å². The van der Waals surface area contributed by atoms with Gasteiger partial charge in [-0.3, -0.25) is 4.99 Å². The van der Waals surface area contributed by atoms with Crippen molar-refractivity contribution < 1.29 is 19.0 Å². The molecule has 0 aliphatic rings. The Kier molecular flexibility index (Phi) is 6.57. The van der Waals surface area contributed by atoms with Gasteiger partial charge >= 0.3 is 5.97 Å². The number of esters is 1. The molecule has 0 radical (unpaired) electrons. The van der Waals surface area contributed by atoms with Crippen molar-refractivity contribution in [2.24, 2.45) is 4.99 Å². The van der Waals surface area contributed by atoms with Crippen LogP contribution in [0.25, 0.3) is 0 Å². The largest absolute Gasteiger partial charge is 0.493 e. The van der Waals surface area contributed by atoms with E-state index in [0.29, 0.717) is 23.7 Å². The molecule has 0 bridgehead atoms. The number of benzene rings is 2. The van der Waals surface area contributed by atoms with E-state index >= 15 is 0 Å². The van der Waals surface area contributed by atoms with Crippen molar-refractivity contribution in [2.75, 3.05) is 13.7 Å². The molecule has 0 atom stereocenters. The van der Waals surface area contributed by atoms with Crippen molar-refractivity contribution in [3.05, 3.63) is 53.6 Å². The summed E-state index contributed by atoms with van der Waals surface area (Å²) in [5.41, 5.74) is 2.06. The minimum Gasteiger partial charge on any atom is -0.493 e. The molecule has 25 heavy (non-hydrogen) atoms. The second-order valence-electron chi connectivity index (χ2n) is 5.57. The number of nitrogens with zero attached hydrogens (tertiary/aromatic N) is 1. The van der Waals surface area contributed by atoms with Crippen LogP contribution in [-0.4, -0.2) is 32.0 Å². The standard InChI is InChI=1S/C20H23NO4/c1-5-24-20(22)15-9-11-17(12-10-15)21-13-16-7-6-8-18(23-4)19(16)25-14(2)3/h6-14H,5H2,1-4H3. The molecule has 0 amide bonds. The predicted molar refractivity (Wildman–Crippen MR) is 98.4 cm³/mol. The molecule has 0 spiro atoms. The molecular weight excluding hydrogens is 318 g/mol. The molecule has 0 N–H and O–H groups in total. The van der Waals surface area contributed by atoms with E-state index in [1.807, 2.05) is 32.0 Å². The first kappa shape index (κ1) is 18.5. The molecule has 0 fully saturated rings. The van der Waals surface area contributed by atoms with Gasteiger partial charge < -0.3 is 14.2 Å². The molecular formula is C20H23NO4. The van der Waals surface area contributed by atoms with E-state index < -0.39 is 0 Å². The summed E-state index contributed by atoms with van der Waals surface area (Å²) in [7, 11) is 1.61. The Morgan fingerprint density at radius 3 is 2.48 bits per heavy atom. The summed E-state index contributed by atoms with van der Waals surface area (Å²) < 4.78 is 16.2. The van der Waals surface area contributed by atoms with E-state index in [1.165, 1.54) is 0 Å². The summed E-state index contributed by atoms with van der Waals surface area (Å²) in [6.45, 7) is 6.05. The van der Waals surface area contributed by atoms with Gasteiger partial charge in [0.1, 0.15) is 0 Å². The first-order valence-electron chi connectivity index (χ1n) is 8.20. The fraction of sp³-hybridized carbons (Fsp3) is 0.300.